The molecule has 2 aromatic carbocycles. The summed E-state index contributed by atoms with van der Waals surface area (Å²) in [6.45, 7) is 4.13. The van der Waals surface area contributed by atoms with E-state index < -0.39 is 0 Å². The van der Waals surface area contributed by atoms with E-state index in [9.17, 15) is 0 Å². The Kier molecular flexibility index (Phi) is 5.19. The van der Waals surface area contributed by atoms with Crippen LogP contribution in [0, 0.1) is 0 Å². The molecule has 0 saturated carbocycles. The molecular formula is C18H18Cl2N3O+. The standard InChI is InChI=1S/C18H17Cl2N3O/c1-11(15-8-3-4-9-16(15)20)21-12(2)17-22-23-18(24-17)13-6-5-7-14(19)10-13/h3-12,21H,1-2H3/p+1/t11-,12-/m1/s1. The molecule has 0 aliphatic heterocycles. The first-order chi connectivity index (χ1) is 11.5. The zero-order valence-corrected chi connectivity index (χ0v) is 14.9. The minimum absolute atomic E-state index is 0.0108. The molecule has 4 nitrogen and oxygen atoms in total. The zero-order valence-electron chi connectivity index (χ0n) is 13.4. The summed E-state index contributed by atoms with van der Waals surface area (Å²) in [5.41, 5.74) is 1.90. The molecule has 0 radical (unpaired) electrons. The van der Waals surface area contributed by atoms with Gasteiger partial charge < -0.3 is 9.73 Å². The lowest BCUT2D eigenvalue weighted by atomic mass is 10.1. The van der Waals surface area contributed by atoms with E-state index in [2.05, 4.69) is 22.4 Å². The number of benzene rings is 2. The molecule has 0 unspecified atom stereocenters. The molecule has 2 atom stereocenters. The number of halogens is 2. The molecule has 0 fully saturated rings. The van der Waals surface area contributed by atoms with Gasteiger partial charge in [-0.2, -0.15) is 0 Å². The molecule has 1 heterocycles. The van der Waals surface area contributed by atoms with Gasteiger partial charge in [-0.05, 0) is 38.1 Å². The largest absolute Gasteiger partial charge is 0.415 e. The lowest BCUT2D eigenvalue weighted by Gasteiger charge is -2.15. The number of nitrogens with two attached hydrogens (primary N) is 1. The molecule has 1 aromatic heterocycles. The van der Waals surface area contributed by atoms with Gasteiger partial charge in [-0.15, -0.1) is 10.2 Å². The molecule has 0 bridgehead atoms. The molecule has 24 heavy (non-hydrogen) atoms. The maximum Gasteiger partial charge on any atom is 0.274 e. The van der Waals surface area contributed by atoms with Crippen LogP contribution in [0.2, 0.25) is 10.0 Å². The van der Waals surface area contributed by atoms with E-state index in [1.54, 1.807) is 6.07 Å². The summed E-state index contributed by atoms with van der Waals surface area (Å²) in [6, 6.07) is 15.4. The molecule has 0 aliphatic rings. The van der Waals surface area contributed by atoms with Crippen molar-refractivity contribution in [2.24, 2.45) is 0 Å². The van der Waals surface area contributed by atoms with E-state index in [-0.39, 0.29) is 12.1 Å². The Morgan fingerprint density at radius 3 is 2.50 bits per heavy atom. The third kappa shape index (κ3) is 3.78. The van der Waals surface area contributed by atoms with Gasteiger partial charge in [0.25, 0.3) is 5.89 Å². The average molecular weight is 363 g/mol. The van der Waals surface area contributed by atoms with Crippen LogP contribution in [0.15, 0.2) is 52.9 Å². The Morgan fingerprint density at radius 1 is 0.958 bits per heavy atom. The van der Waals surface area contributed by atoms with E-state index in [0.717, 1.165) is 16.1 Å². The predicted octanol–water partition coefficient (Wildman–Crippen LogP) is 4.43. The highest BCUT2D eigenvalue weighted by Crippen LogP contribution is 2.24. The fourth-order valence-corrected chi connectivity index (χ4v) is 3.12. The lowest BCUT2D eigenvalue weighted by Crippen LogP contribution is -2.85. The second-order valence-corrected chi connectivity index (χ2v) is 6.59. The van der Waals surface area contributed by atoms with Gasteiger partial charge in [0.1, 0.15) is 6.04 Å². The molecular weight excluding hydrogens is 345 g/mol. The normalized spacial score (nSPS) is 13.7. The third-order valence-electron chi connectivity index (χ3n) is 3.87. The second-order valence-electron chi connectivity index (χ2n) is 5.75. The van der Waals surface area contributed by atoms with Crippen molar-refractivity contribution in [1.29, 1.82) is 0 Å². The minimum Gasteiger partial charge on any atom is -0.415 e. The minimum atomic E-state index is 0.0108. The van der Waals surface area contributed by atoms with Crippen molar-refractivity contribution in [3.8, 4) is 11.5 Å². The average Bonchev–Trinajstić information content (AvgIpc) is 3.05. The quantitative estimate of drug-likeness (QED) is 0.730. The molecule has 0 spiro atoms. The van der Waals surface area contributed by atoms with Crippen LogP contribution in [0.4, 0.5) is 0 Å². The summed E-state index contributed by atoms with van der Waals surface area (Å²) < 4.78 is 5.81. The highest BCUT2D eigenvalue weighted by molar-refractivity contribution is 6.31. The smallest absolute Gasteiger partial charge is 0.274 e. The summed E-state index contributed by atoms with van der Waals surface area (Å²) in [5.74, 6) is 1.04. The van der Waals surface area contributed by atoms with Crippen LogP contribution in [0.5, 0.6) is 0 Å². The maximum absolute atomic E-state index is 6.26. The van der Waals surface area contributed by atoms with Crippen LogP contribution < -0.4 is 5.32 Å². The Labute approximate surface area is 150 Å². The Morgan fingerprint density at radius 2 is 1.75 bits per heavy atom. The molecule has 0 amide bonds. The van der Waals surface area contributed by atoms with Crippen LogP contribution in [0.25, 0.3) is 11.5 Å². The van der Waals surface area contributed by atoms with Crippen LogP contribution in [-0.4, -0.2) is 10.2 Å². The number of hydrogen-bond acceptors (Lipinski definition) is 3. The monoisotopic (exact) mass is 362 g/mol. The molecule has 6 heteroatoms. The first-order valence-corrected chi connectivity index (χ1v) is 8.49. The van der Waals surface area contributed by atoms with Crippen molar-refractivity contribution in [2.45, 2.75) is 25.9 Å². The third-order valence-corrected chi connectivity index (χ3v) is 4.45. The van der Waals surface area contributed by atoms with Crippen molar-refractivity contribution in [2.75, 3.05) is 0 Å². The van der Waals surface area contributed by atoms with Crippen molar-refractivity contribution < 1.29 is 9.73 Å². The Bertz CT molecular complexity index is 834. The fraction of sp³-hybridized carbons (Fsp3) is 0.222. The van der Waals surface area contributed by atoms with Crippen molar-refractivity contribution in [3.05, 3.63) is 70.0 Å². The lowest BCUT2D eigenvalue weighted by molar-refractivity contribution is -0.730. The highest BCUT2D eigenvalue weighted by atomic mass is 35.5. The Hall–Kier alpha value is -1.88. The second kappa shape index (κ2) is 7.34. The first kappa shape index (κ1) is 17.0. The maximum atomic E-state index is 6.26. The van der Waals surface area contributed by atoms with Crippen LogP contribution in [0.3, 0.4) is 0 Å². The van der Waals surface area contributed by atoms with E-state index in [1.165, 1.54) is 0 Å². The molecule has 124 valence electrons. The number of rotatable bonds is 5. The van der Waals surface area contributed by atoms with Gasteiger partial charge in [-0.3, -0.25) is 0 Å². The topological polar surface area (TPSA) is 55.5 Å². The molecule has 0 saturated heterocycles. The summed E-state index contributed by atoms with van der Waals surface area (Å²) in [6.07, 6.45) is 0. The van der Waals surface area contributed by atoms with Gasteiger partial charge >= 0.3 is 0 Å². The number of nitrogens with zero attached hydrogens (tertiary/aromatic N) is 2. The number of hydrogen-bond donors (Lipinski definition) is 1. The summed E-state index contributed by atoms with van der Waals surface area (Å²) >= 11 is 12.3. The summed E-state index contributed by atoms with van der Waals surface area (Å²) in [5, 5.41) is 11.8. The van der Waals surface area contributed by atoms with Crippen LogP contribution in [0.1, 0.15) is 37.4 Å². The van der Waals surface area contributed by atoms with Gasteiger partial charge in [-0.25, -0.2) is 0 Å². The molecule has 0 aliphatic carbocycles. The van der Waals surface area contributed by atoms with Gasteiger partial charge in [0.05, 0.1) is 0 Å². The van der Waals surface area contributed by atoms with Gasteiger partial charge in [0, 0.05) is 21.2 Å². The number of quaternary nitrogens is 1. The Balaban J connectivity index is 1.74. The van der Waals surface area contributed by atoms with Crippen molar-refractivity contribution in [3.63, 3.8) is 0 Å². The van der Waals surface area contributed by atoms with Gasteiger partial charge in [0.2, 0.25) is 5.89 Å². The molecule has 3 rings (SSSR count). The molecule has 3 aromatic rings. The van der Waals surface area contributed by atoms with E-state index in [4.69, 9.17) is 27.6 Å². The van der Waals surface area contributed by atoms with E-state index in [1.807, 2.05) is 49.4 Å². The van der Waals surface area contributed by atoms with Crippen molar-refractivity contribution in [1.82, 2.24) is 10.2 Å². The highest BCUT2D eigenvalue weighted by Gasteiger charge is 2.22. The first-order valence-electron chi connectivity index (χ1n) is 7.73. The predicted molar refractivity (Wildman–Crippen MR) is 95.0 cm³/mol. The summed E-state index contributed by atoms with van der Waals surface area (Å²) in [4.78, 5) is 0. The van der Waals surface area contributed by atoms with E-state index in [0.29, 0.717) is 16.8 Å². The van der Waals surface area contributed by atoms with Crippen LogP contribution >= 0.6 is 23.2 Å². The van der Waals surface area contributed by atoms with Gasteiger partial charge in [0.15, 0.2) is 6.04 Å². The number of aromatic nitrogens is 2. The zero-order chi connectivity index (χ0) is 17.1. The fourth-order valence-electron chi connectivity index (χ4n) is 2.62. The van der Waals surface area contributed by atoms with E-state index >= 15 is 0 Å². The SMILES string of the molecule is C[C@@H]([NH2+][C@H](C)c1ccccc1Cl)c1nnc(-c2cccc(Cl)c2)o1. The van der Waals surface area contributed by atoms with Gasteiger partial charge in [-0.1, -0.05) is 47.5 Å². The summed E-state index contributed by atoms with van der Waals surface area (Å²) in [7, 11) is 0. The molecule has 2 N–H and O–H groups in total. The van der Waals surface area contributed by atoms with Crippen molar-refractivity contribution >= 4 is 23.2 Å². The van der Waals surface area contributed by atoms with Crippen LogP contribution in [-0.2, 0) is 0 Å².